The minimum atomic E-state index is -0.0405. The summed E-state index contributed by atoms with van der Waals surface area (Å²) in [6, 6.07) is 17.9. The summed E-state index contributed by atoms with van der Waals surface area (Å²) < 4.78 is 1.85. The Morgan fingerprint density at radius 3 is 2.48 bits per heavy atom. The zero-order valence-electron chi connectivity index (χ0n) is 19.3. The van der Waals surface area contributed by atoms with Crippen LogP contribution in [0.1, 0.15) is 41.8 Å². The highest BCUT2D eigenvalue weighted by Crippen LogP contribution is 2.09. The Morgan fingerprint density at radius 2 is 1.79 bits per heavy atom. The third-order valence-corrected chi connectivity index (χ3v) is 4.90. The lowest BCUT2D eigenvalue weighted by Crippen LogP contribution is -2.38. The van der Waals surface area contributed by atoms with Crippen LogP contribution in [-0.2, 0) is 13.0 Å². The lowest BCUT2D eigenvalue weighted by atomic mass is 10.1. The molecular weight excluding hydrogens is 527 g/mol. The average molecular weight is 560 g/mol. The minimum absolute atomic E-state index is 0. The molecule has 0 atom stereocenters. The minimum Gasteiger partial charge on any atom is -0.357 e. The van der Waals surface area contributed by atoms with Crippen molar-refractivity contribution in [2.75, 3.05) is 19.6 Å². The van der Waals surface area contributed by atoms with Crippen LogP contribution in [0.25, 0.3) is 5.69 Å². The van der Waals surface area contributed by atoms with Gasteiger partial charge >= 0.3 is 0 Å². The Kier molecular flexibility index (Phi) is 11.4. The molecule has 1 aromatic heterocycles. The number of carbonyl (C=O) groups is 1. The number of aromatic nitrogens is 2. The Hall–Kier alpha value is -2.88. The van der Waals surface area contributed by atoms with Crippen LogP contribution in [-0.4, -0.2) is 41.3 Å². The topological polar surface area (TPSA) is 83.3 Å². The monoisotopic (exact) mass is 560 g/mol. The molecule has 0 saturated heterocycles. The summed E-state index contributed by atoms with van der Waals surface area (Å²) >= 11 is 0. The number of nitrogens with one attached hydrogen (secondary N) is 3. The first-order valence-electron chi connectivity index (χ1n) is 11.2. The lowest BCUT2D eigenvalue weighted by molar-refractivity contribution is 0.0953. The van der Waals surface area contributed by atoms with E-state index in [0.29, 0.717) is 18.7 Å². The number of hydrogen-bond acceptors (Lipinski definition) is 3. The van der Waals surface area contributed by atoms with Gasteiger partial charge in [0, 0.05) is 37.6 Å². The zero-order chi connectivity index (χ0) is 22.6. The van der Waals surface area contributed by atoms with Gasteiger partial charge in [-0.1, -0.05) is 31.2 Å². The van der Waals surface area contributed by atoms with Crippen molar-refractivity contribution in [3.63, 3.8) is 0 Å². The highest BCUT2D eigenvalue weighted by atomic mass is 127. The van der Waals surface area contributed by atoms with Gasteiger partial charge in [0.05, 0.1) is 12.2 Å². The fraction of sp³-hybridized carbons (Fsp3) is 0.320. The van der Waals surface area contributed by atoms with Crippen molar-refractivity contribution in [2.24, 2.45) is 4.99 Å². The van der Waals surface area contributed by atoms with Crippen LogP contribution in [0.3, 0.4) is 0 Å². The number of rotatable bonds is 10. The summed E-state index contributed by atoms with van der Waals surface area (Å²) in [6.45, 7) is 6.82. The second kappa shape index (κ2) is 14.3. The van der Waals surface area contributed by atoms with Gasteiger partial charge in [0.2, 0.25) is 0 Å². The van der Waals surface area contributed by atoms with E-state index in [4.69, 9.17) is 0 Å². The van der Waals surface area contributed by atoms with E-state index in [9.17, 15) is 4.79 Å². The summed E-state index contributed by atoms with van der Waals surface area (Å²) in [5.41, 5.74) is 3.96. The van der Waals surface area contributed by atoms with Crippen LogP contribution >= 0.6 is 24.0 Å². The molecule has 0 saturated carbocycles. The van der Waals surface area contributed by atoms with Crippen molar-refractivity contribution in [1.29, 1.82) is 0 Å². The quantitative estimate of drug-likeness (QED) is 0.200. The van der Waals surface area contributed by atoms with Gasteiger partial charge in [-0.25, -0.2) is 9.67 Å². The average Bonchev–Trinajstić information content (AvgIpc) is 3.36. The molecule has 3 aromatic rings. The molecule has 0 fully saturated rings. The third kappa shape index (κ3) is 8.53. The van der Waals surface area contributed by atoms with Gasteiger partial charge in [-0.05, 0) is 61.2 Å². The van der Waals surface area contributed by atoms with Crippen LogP contribution in [0.5, 0.6) is 0 Å². The largest absolute Gasteiger partial charge is 0.357 e. The number of nitrogens with zero attached hydrogens (tertiary/aromatic N) is 3. The fourth-order valence-corrected chi connectivity index (χ4v) is 3.23. The Morgan fingerprint density at radius 1 is 0.970 bits per heavy atom. The Balaban J connectivity index is 0.00000385. The number of halogens is 1. The van der Waals surface area contributed by atoms with Gasteiger partial charge in [0.25, 0.3) is 5.91 Å². The van der Waals surface area contributed by atoms with E-state index >= 15 is 0 Å². The number of hydrogen-bond donors (Lipinski definition) is 3. The van der Waals surface area contributed by atoms with Crippen LogP contribution in [0.4, 0.5) is 0 Å². The van der Waals surface area contributed by atoms with E-state index in [1.165, 1.54) is 5.56 Å². The van der Waals surface area contributed by atoms with Crippen molar-refractivity contribution in [3.05, 3.63) is 83.7 Å². The number of aliphatic imine (C=N–C) groups is 1. The molecule has 0 radical (unpaired) electrons. The molecule has 3 rings (SSSR count). The SMILES string of the molecule is CCCNC(=O)c1cccc(CN=C(NCC)NCCc2ccc(-n3cccn3)cc2)c1.I. The maximum atomic E-state index is 12.2. The fourth-order valence-electron chi connectivity index (χ4n) is 3.23. The van der Waals surface area contributed by atoms with E-state index in [2.05, 4.69) is 50.3 Å². The van der Waals surface area contributed by atoms with Crippen molar-refractivity contribution >= 4 is 35.8 Å². The summed E-state index contributed by atoms with van der Waals surface area (Å²) in [7, 11) is 0. The van der Waals surface area contributed by atoms with Crippen LogP contribution in [0.15, 0.2) is 72.0 Å². The number of benzene rings is 2. The Bertz CT molecular complexity index is 1000. The number of carbonyl (C=O) groups excluding carboxylic acids is 1. The molecule has 2 aromatic carbocycles. The molecular formula is C25H33IN6O. The first-order valence-corrected chi connectivity index (χ1v) is 11.2. The summed E-state index contributed by atoms with van der Waals surface area (Å²) in [6.07, 6.45) is 5.51. The van der Waals surface area contributed by atoms with Gasteiger partial charge in [-0.15, -0.1) is 24.0 Å². The molecule has 0 aliphatic rings. The second-order valence-corrected chi connectivity index (χ2v) is 7.45. The molecule has 1 amide bonds. The first kappa shape index (κ1) is 26.4. The maximum Gasteiger partial charge on any atom is 0.251 e. The van der Waals surface area contributed by atoms with E-state index in [0.717, 1.165) is 43.1 Å². The lowest BCUT2D eigenvalue weighted by Gasteiger charge is -2.12. The molecule has 8 heteroatoms. The molecule has 0 aliphatic carbocycles. The van der Waals surface area contributed by atoms with Gasteiger partial charge < -0.3 is 16.0 Å². The molecule has 0 bridgehead atoms. The smallest absolute Gasteiger partial charge is 0.251 e. The molecule has 1 heterocycles. The van der Waals surface area contributed by atoms with Crippen LogP contribution < -0.4 is 16.0 Å². The predicted octanol–water partition coefficient (Wildman–Crippen LogP) is 3.93. The van der Waals surface area contributed by atoms with E-state index in [-0.39, 0.29) is 29.9 Å². The molecule has 7 nitrogen and oxygen atoms in total. The van der Waals surface area contributed by atoms with Gasteiger partial charge in [0.1, 0.15) is 0 Å². The van der Waals surface area contributed by atoms with Crippen molar-refractivity contribution in [2.45, 2.75) is 33.2 Å². The summed E-state index contributed by atoms with van der Waals surface area (Å²) in [4.78, 5) is 16.9. The van der Waals surface area contributed by atoms with Gasteiger partial charge in [0.15, 0.2) is 5.96 Å². The van der Waals surface area contributed by atoms with E-state index in [1.54, 1.807) is 6.20 Å². The second-order valence-electron chi connectivity index (χ2n) is 7.45. The first-order chi connectivity index (χ1) is 15.7. The molecule has 176 valence electrons. The molecule has 33 heavy (non-hydrogen) atoms. The third-order valence-electron chi connectivity index (χ3n) is 4.90. The zero-order valence-corrected chi connectivity index (χ0v) is 21.6. The number of amides is 1. The number of guanidine groups is 1. The highest BCUT2D eigenvalue weighted by Gasteiger charge is 2.05. The van der Waals surface area contributed by atoms with Gasteiger partial charge in [-0.2, -0.15) is 5.10 Å². The summed E-state index contributed by atoms with van der Waals surface area (Å²) in [5, 5.41) is 13.8. The molecule has 0 unspecified atom stereocenters. The van der Waals surface area contributed by atoms with Crippen molar-refractivity contribution in [3.8, 4) is 5.69 Å². The molecule has 0 spiro atoms. The molecule has 3 N–H and O–H groups in total. The normalized spacial score (nSPS) is 10.9. The van der Waals surface area contributed by atoms with E-state index in [1.807, 2.05) is 55.1 Å². The maximum absolute atomic E-state index is 12.2. The highest BCUT2D eigenvalue weighted by molar-refractivity contribution is 14.0. The van der Waals surface area contributed by atoms with Crippen LogP contribution in [0, 0.1) is 0 Å². The standard InChI is InChI=1S/C25H32N6O.HI/c1-3-14-27-24(32)22-8-5-7-21(18-22)19-29-25(26-4-2)28-16-13-20-9-11-23(12-10-20)31-17-6-15-30-31;/h5-12,15,17-18H,3-4,13-14,16,19H2,1-2H3,(H,27,32)(H2,26,28,29);1H. The van der Waals surface area contributed by atoms with Gasteiger partial charge in [-0.3, -0.25) is 4.79 Å². The van der Waals surface area contributed by atoms with Crippen molar-refractivity contribution in [1.82, 2.24) is 25.7 Å². The summed E-state index contributed by atoms with van der Waals surface area (Å²) in [5.74, 6) is 0.725. The predicted molar refractivity (Wildman–Crippen MR) is 145 cm³/mol. The van der Waals surface area contributed by atoms with E-state index < -0.39 is 0 Å². The molecule has 0 aliphatic heterocycles. The van der Waals surface area contributed by atoms with Crippen molar-refractivity contribution < 1.29 is 4.79 Å². The Labute approximate surface area is 213 Å². The van der Waals surface area contributed by atoms with Crippen LogP contribution in [0.2, 0.25) is 0 Å².